The van der Waals surface area contributed by atoms with Gasteiger partial charge in [-0.15, -0.1) is 0 Å². The number of urea groups is 1. The van der Waals surface area contributed by atoms with Crippen LogP contribution in [-0.4, -0.2) is 64.6 Å². The fourth-order valence-corrected chi connectivity index (χ4v) is 6.23. The van der Waals surface area contributed by atoms with Gasteiger partial charge in [-0.3, -0.25) is 0 Å². The largest absolute Gasteiger partial charge is 0.336 e. The predicted octanol–water partition coefficient (Wildman–Crippen LogP) is 1.47. The van der Waals surface area contributed by atoms with Gasteiger partial charge in [-0.25, -0.2) is 22.5 Å². The van der Waals surface area contributed by atoms with Crippen LogP contribution in [0.25, 0.3) is 0 Å². The second kappa shape index (κ2) is 7.43. The predicted molar refractivity (Wildman–Crippen MR) is 102 cm³/mol. The van der Waals surface area contributed by atoms with E-state index in [0.717, 1.165) is 31.5 Å². The average molecular weight is 396 g/mol. The van der Waals surface area contributed by atoms with Crippen molar-refractivity contribution < 1.29 is 13.2 Å². The molecule has 27 heavy (non-hydrogen) atoms. The quantitative estimate of drug-likeness (QED) is 0.818. The molecule has 3 aliphatic rings. The van der Waals surface area contributed by atoms with Crippen LogP contribution in [0.5, 0.6) is 0 Å². The van der Waals surface area contributed by atoms with E-state index < -0.39 is 10.0 Å². The van der Waals surface area contributed by atoms with Gasteiger partial charge >= 0.3 is 6.03 Å². The van der Waals surface area contributed by atoms with Gasteiger partial charge in [0.2, 0.25) is 10.0 Å². The standard InChI is InChI=1S/C18H29N5O3S/c1-21-13-8-19-17(21)16(14-4-5-14)20-18(24)22-11-6-15(7-12-22)27(25,26)23-9-2-3-10-23/h8,13-16H,2-7,9-12H2,1H3,(H,20,24). The number of likely N-dealkylation sites (tertiary alicyclic amines) is 1. The number of rotatable bonds is 5. The Balaban J connectivity index is 1.35. The van der Waals surface area contributed by atoms with Crippen LogP contribution in [-0.2, 0) is 17.1 Å². The van der Waals surface area contributed by atoms with Gasteiger partial charge < -0.3 is 14.8 Å². The van der Waals surface area contributed by atoms with Gasteiger partial charge in [0.15, 0.2) is 0 Å². The van der Waals surface area contributed by atoms with E-state index in [4.69, 9.17) is 0 Å². The number of sulfonamides is 1. The smallest absolute Gasteiger partial charge is 0.317 e. The molecule has 1 N–H and O–H groups in total. The maximum Gasteiger partial charge on any atom is 0.317 e. The van der Waals surface area contributed by atoms with E-state index in [0.29, 0.717) is 44.9 Å². The molecule has 0 bridgehead atoms. The minimum atomic E-state index is -3.22. The lowest BCUT2D eigenvalue weighted by molar-refractivity contribution is 0.180. The third kappa shape index (κ3) is 3.85. The molecular weight excluding hydrogens is 366 g/mol. The van der Waals surface area contributed by atoms with Crippen LogP contribution in [0, 0.1) is 5.92 Å². The van der Waals surface area contributed by atoms with Crippen LogP contribution < -0.4 is 5.32 Å². The molecule has 150 valence electrons. The average Bonchev–Trinajstić information content (AvgIpc) is 3.16. The lowest BCUT2D eigenvalue weighted by Gasteiger charge is -2.34. The molecule has 3 heterocycles. The van der Waals surface area contributed by atoms with E-state index in [1.54, 1.807) is 15.4 Å². The number of piperidine rings is 1. The van der Waals surface area contributed by atoms with E-state index in [1.165, 1.54) is 0 Å². The summed E-state index contributed by atoms with van der Waals surface area (Å²) in [6.07, 6.45) is 8.80. The Hall–Kier alpha value is -1.61. The molecule has 1 aromatic heterocycles. The lowest BCUT2D eigenvalue weighted by Crippen LogP contribution is -2.50. The Morgan fingerprint density at radius 3 is 2.37 bits per heavy atom. The van der Waals surface area contributed by atoms with E-state index in [2.05, 4.69) is 10.3 Å². The highest BCUT2D eigenvalue weighted by Crippen LogP contribution is 2.40. The first-order valence-corrected chi connectivity index (χ1v) is 11.5. The number of aryl methyl sites for hydroxylation is 1. The minimum Gasteiger partial charge on any atom is -0.336 e. The molecule has 2 amide bonds. The maximum absolute atomic E-state index is 12.8. The lowest BCUT2D eigenvalue weighted by atomic mass is 10.1. The molecule has 3 fully saturated rings. The van der Waals surface area contributed by atoms with Crippen LogP contribution in [0.1, 0.15) is 50.4 Å². The Morgan fingerprint density at radius 1 is 1.15 bits per heavy atom. The first-order valence-electron chi connectivity index (χ1n) is 9.98. The summed E-state index contributed by atoms with van der Waals surface area (Å²) in [5, 5.41) is 2.79. The topological polar surface area (TPSA) is 87.5 Å². The van der Waals surface area contributed by atoms with Crippen LogP contribution in [0.4, 0.5) is 4.79 Å². The van der Waals surface area contributed by atoms with Crippen LogP contribution in [0.2, 0.25) is 0 Å². The summed E-state index contributed by atoms with van der Waals surface area (Å²) in [7, 11) is -1.27. The number of imidazole rings is 1. The van der Waals surface area contributed by atoms with Gasteiger partial charge in [0, 0.05) is 45.6 Å². The molecule has 0 aromatic carbocycles. The highest BCUT2D eigenvalue weighted by Gasteiger charge is 2.39. The summed E-state index contributed by atoms with van der Waals surface area (Å²) < 4.78 is 29.0. The van der Waals surface area contributed by atoms with Gasteiger partial charge in [0.05, 0.1) is 11.3 Å². The minimum absolute atomic E-state index is 0.0662. The zero-order chi connectivity index (χ0) is 19.0. The highest BCUT2D eigenvalue weighted by molar-refractivity contribution is 7.89. The summed E-state index contributed by atoms with van der Waals surface area (Å²) in [5.41, 5.74) is 0. The number of aromatic nitrogens is 2. The number of carbonyl (C=O) groups excluding carboxylic acids is 1. The van der Waals surface area contributed by atoms with Crippen molar-refractivity contribution in [1.29, 1.82) is 0 Å². The summed E-state index contributed by atoms with van der Waals surface area (Å²) in [5.74, 6) is 1.33. The van der Waals surface area contributed by atoms with E-state index in [9.17, 15) is 13.2 Å². The van der Waals surface area contributed by atoms with Crippen molar-refractivity contribution >= 4 is 16.1 Å². The molecule has 1 saturated carbocycles. The number of carbonyl (C=O) groups is 1. The summed E-state index contributed by atoms with van der Waals surface area (Å²) in [6.45, 7) is 2.27. The van der Waals surface area contributed by atoms with Gasteiger partial charge in [-0.05, 0) is 44.4 Å². The third-order valence-corrected chi connectivity index (χ3v) is 8.48. The Bertz CT molecular complexity index is 775. The summed E-state index contributed by atoms with van der Waals surface area (Å²) in [6, 6.07) is -0.171. The van der Waals surface area contributed by atoms with Gasteiger partial charge in [0.1, 0.15) is 5.82 Å². The Labute approximate surface area is 161 Å². The van der Waals surface area contributed by atoms with E-state index >= 15 is 0 Å². The van der Waals surface area contributed by atoms with Crippen molar-refractivity contribution in [2.24, 2.45) is 13.0 Å². The second-order valence-corrected chi connectivity index (χ2v) is 10.2. The van der Waals surface area contributed by atoms with Crippen LogP contribution >= 0.6 is 0 Å². The zero-order valence-corrected chi connectivity index (χ0v) is 16.7. The van der Waals surface area contributed by atoms with Crippen molar-refractivity contribution in [3.05, 3.63) is 18.2 Å². The van der Waals surface area contributed by atoms with Gasteiger partial charge in [0.25, 0.3) is 0 Å². The van der Waals surface area contributed by atoms with Crippen LogP contribution in [0.3, 0.4) is 0 Å². The SMILES string of the molecule is Cn1ccnc1C(NC(=O)N1CCC(S(=O)(=O)N2CCCC2)CC1)C1CC1. The molecule has 1 aliphatic carbocycles. The molecule has 9 heteroatoms. The molecule has 8 nitrogen and oxygen atoms in total. The zero-order valence-electron chi connectivity index (χ0n) is 15.9. The fourth-order valence-electron chi connectivity index (χ4n) is 4.23. The molecule has 2 aliphatic heterocycles. The van der Waals surface area contributed by atoms with Crippen molar-refractivity contribution in [3.8, 4) is 0 Å². The van der Waals surface area contributed by atoms with Gasteiger partial charge in [-0.1, -0.05) is 0 Å². The van der Waals surface area contributed by atoms with Crippen molar-refractivity contribution in [2.45, 2.75) is 49.8 Å². The van der Waals surface area contributed by atoms with Crippen molar-refractivity contribution in [1.82, 2.24) is 24.1 Å². The van der Waals surface area contributed by atoms with Crippen LogP contribution in [0.15, 0.2) is 12.4 Å². The maximum atomic E-state index is 12.8. The number of nitrogens with one attached hydrogen (secondary N) is 1. The first-order chi connectivity index (χ1) is 13.0. The summed E-state index contributed by atoms with van der Waals surface area (Å²) >= 11 is 0. The molecule has 1 aromatic rings. The number of amides is 2. The Morgan fingerprint density at radius 2 is 1.81 bits per heavy atom. The molecular formula is C18H29N5O3S. The second-order valence-electron chi connectivity index (χ2n) is 8.00. The number of hydrogen-bond acceptors (Lipinski definition) is 4. The molecule has 1 atom stereocenters. The third-order valence-electron chi connectivity index (χ3n) is 6.08. The molecule has 0 radical (unpaired) electrons. The number of nitrogens with zero attached hydrogens (tertiary/aromatic N) is 4. The van der Waals surface area contributed by atoms with Crippen molar-refractivity contribution in [3.63, 3.8) is 0 Å². The van der Waals surface area contributed by atoms with Gasteiger partial charge in [-0.2, -0.15) is 0 Å². The molecule has 0 spiro atoms. The fraction of sp³-hybridized carbons (Fsp3) is 0.778. The van der Waals surface area contributed by atoms with Crippen molar-refractivity contribution in [2.75, 3.05) is 26.2 Å². The molecule has 4 rings (SSSR count). The highest BCUT2D eigenvalue weighted by atomic mass is 32.2. The normalized spacial score (nSPS) is 23.5. The molecule has 2 saturated heterocycles. The monoisotopic (exact) mass is 395 g/mol. The van der Waals surface area contributed by atoms with E-state index in [-0.39, 0.29) is 17.3 Å². The Kier molecular flexibility index (Phi) is 5.15. The number of hydrogen-bond donors (Lipinski definition) is 1. The first kappa shape index (κ1) is 18.7. The molecule has 1 unspecified atom stereocenters. The summed E-state index contributed by atoms with van der Waals surface area (Å²) in [4.78, 5) is 18.9. The van der Waals surface area contributed by atoms with E-state index in [1.807, 2.05) is 17.8 Å².